The minimum Gasteiger partial charge on any atom is -0.326 e. The molecule has 2 heterocycles. The summed E-state index contributed by atoms with van der Waals surface area (Å²) in [7, 11) is 0. The Balaban J connectivity index is 2.02. The highest BCUT2D eigenvalue weighted by Gasteiger charge is 2.24. The molecule has 104 valence electrons. The molecule has 0 saturated heterocycles. The first kappa shape index (κ1) is 13.1. The third-order valence-electron chi connectivity index (χ3n) is 4.48. The molecule has 0 saturated carbocycles. The lowest BCUT2D eigenvalue weighted by molar-refractivity contribution is 0.574. The average Bonchev–Trinajstić information content (AvgIpc) is 2.48. The molecule has 1 aliphatic carbocycles. The number of aryl methyl sites for hydroxylation is 1. The van der Waals surface area contributed by atoms with E-state index in [1.54, 1.807) is 0 Å². The van der Waals surface area contributed by atoms with E-state index in [1.165, 1.54) is 16.7 Å². The van der Waals surface area contributed by atoms with E-state index < -0.39 is 0 Å². The first-order valence-electron chi connectivity index (χ1n) is 7.34. The normalized spacial score (nSPS) is 17.8. The van der Waals surface area contributed by atoms with Gasteiger partial charge in [-0.25, -0.2) is 0 Å². The van der Waals surface area contributed by atoms with Gasteiger partial charge < -0.3 is 4.98 Å². The highest BCUT2D eigenvalue weighted by molar-refractivity contribution is 5.40. The second-order valence-electron chi connectivity index (χ2n) is 5.59. The number of fused-ring (bicyclic) bond motifs is 1. The van der Waals surface area contributed by atoms with Crippen molar-refractivity contribution in [1.29, 1.82) is 0 Å². The van der Waals surface area contributed by atoms with Crippen LogP contribution in [0.3, 0.4) is 0 Å². The van der Waals surface area contributed by atoms with Gasteiger partial charge in [0, 0.05) is 23.7 Å². The summed E-state index contributed by atoms with van der Waals surface area (Å²) in [5.74, 6) is 0.541. The summed E-state index contributed by atoms with van der Waals surface area (Å²) < 4.78 is 0. The zero-order valence-electron chi connectivity index (χ0n) is 12.1. The summed E-state index contributed by atoms with van der Waals surface area (Å²) in [6.45, 7) is 4.09. The van der Waals surface area contributed by atoms with Crippen molar-refractivity contribution in [2.45, 2.75) is 45.4 Å². The van der Waals surface area contributed by atoms with Crippen molar-refractivity contribution in [2.24, 2.45) is 0 Å². The number of hydrogen-bond acceptors (Lipinski definition) is 2. The predicted octanol–water partition coefficient (Wildman–Crippen LogP) is 2.91. The lowest BCUT2D eigenvalue weighted by Crippen LogP contribution is -2.24. The molecule has 1 unspecified atom stereocenters. The van der Waals surface area contributed by atoms with Crippen molar-refractivity contribution in [1.82, 2.24) is 9.97 Å². The molecule has 0 aliphatic heterocycles. The molecule has 1 aliphatic rings. The van der Waals surface area contributed by atoms with Gasteiger partial charge in [-0.15, -0.1) is 0 Å². The minimum atomic E-state index is 0.103. The van der Waals surface area contributed by atoms with Crippen molar-refractivity contribution in [3.63, 3.8) is 0 Å². The Morgan fingerprint density at radius 2 is 2.05 bits per heavy atom. The van der Waals surface area contributed by atoms with Crippen molar-refractivity contribution >= 4 is 0 Å². The van der Waals surface area contributed by atoms with Crippen LogP contribution in [-0.2, 0) is 19.3 Å². The van der Waals surface area contributed by atoms with Crippen LogP contribution in [0.4, 0.5) is 0 Å². The quantitative estimate of drug-likeness (QED) is 0.910. The fourth-order valence-electron chi connectivity index (χ4n) is 3.41. The van der Waals surface area contributed by atoms with Crippen LogP contribution in [-0.4, -0.2) is 9.97 Å². The van der Waals surface area contributed by atoms with Crippen LogP contribution in [0, 0.1) is 6.92 Å². The molecule has 0 aromatic carbocycles. The van der Waals surface area contributed by atoms with Gasteiger partial charge in [-0.2, -0.15) is 0 Å². The summed E-state index contributed by atoms with van der Waals surface area (Å²) in [5.41, 5.74) is 6.15. The van der Waals surface area contributed by atoms with Gasteiger partial charge in [0.05, 0.1) is 0 Å². The lowest BCUT2D eigenvalue weighted by Gasteiger charge is -2.27. The Morgan fingerprint density at radius 1 is 1.30 bits per heavy atom. The molecule has 0 amide bonds. The lowest BCUT2D eigenvalue weighted by atomic mass is 9.78. The largest absolute Gasteiger partial charge is 0.326 e. The van der Waals surface area contributed by atoms with Gasteiger partial charge in [0.25, 0.3) is 5.56 Å². The highest BCUT2D eigenvalue weighted by Crippen LogP contribution is 2.34. The number of aromatic nitrogens is 2. The standard InChI is InChI=1S/C17H20N2O/c1-3-14-15-5-4-13(12-6-8-18-9-7-12)10-16(15)11(2)19-17(14)20/h6-9,13H,3-5,10H2,1-2H3,(H,19,20). The second-order valence-corrected chi connectivity index (χ2v) is 5.59. The summed E-state index contributed by atoms with van der Waals surface area (Å²) in [6.07, 6.45) is 7.69. The van der Waals surface area contributed by atoms with Gasteiger partial charge in [-0.1, -0.05) is 6.92 Å². The summed E-state index contributed by atoms with van der Waals surface area (Å²) in [4.78, 5) is 19.1. The van der Waals surface area contributed by atoms with E-state index >= 15 is 0 Å². The molecule has 2 aromatic rings. The minimum absolute atomic E-state index is 0.103. The van der Waals surface area contributed by atoms with Crippen molar-refractivity contribution in [3.05, 3.63) is 62.8 Å². The number of nitrogens with one attached hydrogen (secondary N) is 1. The first-order valence-corrected chi connectivity index (χ1v) is 7.34. The smallest absolute Gasteiger partial charge is 0.251 e. The molecular weight excluding hydrogens is 248 g/mol. The Labute approximate surface area is 119 Å². The van der Waals surface area contributed by atoms with Crippen LogP contribution in [0.2, 0.25) is 0 Å². The Morgan fingerprint density at radius 3 is 2.75 bits per heavy atom. The average molecular weight is 268 g/mol. The van der Waals surface area contributed by atoms with E-state index in [0.29, 0.717) is 5.92 Å². The fraction of sp³-hybridized carbons (Fsp3) is 0.412. The van der Waals surface area contributed by atoms with Crippen LogP contribution < -0.4 is 5.56 Å². The van der Waals surface area contributed by atoms with Crippen LogP contribution in [0.25, 0.3) is 0 Å². The maximum Gasteiger partial charge on any atom is 0.251 e. The van der Waals surface area contributed by atoms with Gasteiger partial charge in [0.1, 0.15) is 0 Å². The Bertz CT molecular complexity index is 673. The summed E-state index contributed by atoms with van der Waals surface area (Å²) in [6, 6.07) is 4.22. The van der Waals surface area contributed by atoms with E-state index in [4.69, 9.17) is 0 Å². The van der Waals surface area contributed by atoms with Gasteiger partial charge >= 0.3 is 0 Å². The topological polar surface area (TPSA) is 45.8 Å². The van der Waals surface area contributed by atoms with Crippen molar-refractivity contribution in [3.8, 4) is 0 Å². The van der Waals surface area contributed by atoms with E-state index in [2.05, 4.69) is 29.0 Å². The molecule has 1 atom stereocenters. The van der Waals surface area contributed by atoms with E-state index in [0.717, 1.165) is 36.9 Å². The van der Waals surface area contributed by atoms with E-state index in [9.17, 15) is 4.79 Å². The summed E-state index contributed by atoms with van der Waals surface area (Å²) >= 11 is 0. The molecule has 20 heavy (non-hydrogen) atoms. The first-order chi connectivity index (χ1) is 9.70. The molecule has 3 heteroatoms. The van der Waals surface area contributed by atoms with E-state index in [-0.39, 0.29) is 5.56 Å². The van der Waals surface area contributed by atoms with Crippen LogP contribution in [0.1, 0.15) is 47.2 Å². The fourth-order valence-corrected chi connectivity index (χ4v) is 3.41. The Hall–Kier alpha value is -1.90. The number of rotatable bonds is 2. The zero-order chi connectivity index (χ0) is 14.1. The van der Waals surface area contributed by atoms with Gasteiger partial charge in [0.15, 0.2) is 0 Å². The third kappa shape index (κ3) is 2.17. The summed E-state index contributed by atoms with van der Waals surface area (Å²) in [5, 5.41) is 0. The molecule has 0 spiro atoms. The van der Waals surface area contributed by atoms with Crippen LogP contribution >= 0.6 is 0 Å². The van der Waals surface area contributed by atoms with E-state index in [1.807, 2.05) is 19.3 Å². The predicted molar refractivity (Wildman–Crippen MR) is 80.2 cm³/mol. The molecule has 3 nitrogen and oxygen atoms in total. The van der Waals surface area contributed by atoms with Crippen molar-refractivity contribution in [2.75, 3.05) is 0 Å². The van der Waals surface area contributed by atoms with Crippen LogP contribution in [0.15, 0.2) is 29.3 Å². The third-order valence-corrected chi connectivity index (χ3v) is 4.48. The maximum absolute atomic E-state index is 12.0. The number of aromatic amines is 1. The molecule has 0 bridgehead atoms. The van der Waals surface area contributed by atoms with Gasteiger partial charge in [-0.3, -0.25) is 9.78 Å². The maximum atomic E-state index is 12.0. The number of H-pyrrole nitrogens is 1. The second kappa shape index (κ2) is 5.23. The molecular formula is C17H20N2O. The molecule has 0 radical (unpaired) electrons. The number of pyridine rings is 2. The van der Waals surface area contributed by atoms with Gasteiger partial charge in [-0.05, 0) is 67.3 Å². The number of hydrogen-bond donors (Lipinski definition) is 1. The molecule has 3 rings (SSSR count). The number of nitrogens with zero attached hydrogens (tertiary/aromatic N) is 1. The monoisotopic (exact) mass is 268 g/mol. The van der Waals surface area contributed by atoms with Crippen molar-refractivity contribution < 1.29 is 0 Å². The van der Waals surface area contributed by atoms with Gasteiger partial charge in [0.2, 0.25) is 0 Å². The molecule has 1 N–H and O–H groups in total. The SMILES string of the molecule is CCc1c2c(c(C)[nH]c1=O)CC(c1ccncc1)CC2. The highest BCUT2D eigenvalue weighted by atomic mass is 16.1. The Kier molecular flexibility index (Phi) is 3.43. The molecule has 2 aromatic heterocycles. The van der Waals surface area contributed by atoms with Crippen LogP contribution in [0.5, 0.6) is 0 Å². The zero-order valence-corrected chi connectivity index (χ0v) is 12.1. The molecule has 0 fully saturated rings.